The molecule has 0 bridgehead atoms. The topological polar surface area (TPSA) is 73.6 Å². The summed E-state index contributed by atoms with van der Waals surface area (Å²) in [5, 5.41) is 13.7. The van der Waals surface area contributed by atoms with E-state index >= 15 is 0 Å². The molecule has 1 aromatic rings. The fourth-order valence-electron chi connectivity index (χ4n) is 1.48. The van der Waals surface area contributed by atoms with Crippen molar-refractivity contribution in [2.45, 2.75) is 19.6 Å². The lowest BCUT2D eigenvalue weighted by molar-refractivity contribution is -0.384. The van der Waals surface area contributed by atoms with Crippen LogP contribution in [-0.4, -0.2) is 31.0 Å². The third-order valence-corrected chi connectivity index (χ3v) is 2.38. The van der Waals surface area contributed by atoms with E-state index in [2.05, 4.69) is 10.1 Å². The Morgan fingerprint density at radius 1 is 1.38 bits per heavy atom. The van der Waals surface area contributed by atoms with Crippen LogP contribution in [-0.2, 0) is 11.3 Å². The predicted octanol–water partition coefficient (Wildman–Crippen LogP) is 2.62. The number of halogens is 3. The van der Waals surface area contributed by atoms with Gasteiger partial charge in [-0.05, 0) is 12.6 Å². The van der Waals surface area contributed by atoms with Gasteiger partial charge in [0, 0.05) is 24.2 Å². The van der Waals surface area contributed by atoms with Crippen molar-refractivity contribution in [3.8, 4) is 5.75 Å². The molecule has 0 radical (unpaired) electrons. The fourth-order valence-corrected chi connectivity index (χ4v) is 1.48. The summed E-state index contributed by atoms with van der Waals surface area (Å²) in [6, 6.07) is 3.86. The Morgan fingerprint density at radius 3 is 2.67 bits per heavy atom. The van der Waals surface area contributed by atoms with E-state index in [0.717, 1.165) is 0 Å². The second-order valence-corrected chi connectivity index (χ2v) is 4.06. The molecule has 0 aliphatic carbocycles. The Bertz CT molecular complexity index is 480. The summed E-state index contributed by atoms with van der Waals surface area (Å²) in [4.78, 5) is 10.1. The Kier molecular flexibility index (Phi) is 6.38. The Morgan fingerprint density at radius 2 is 2.10 bits per heavy atom. The normalized spacial score (nSPS) is 11.4. The second-order valence-electron chi connectivity index (χ2n) is 4.06. The molecule has 118 valence electrons. The van der Waals surface area contributed by atoms with Crippen LogP contribution in [0.4, 0.5) is 18.9 Å². The van der Waals surface area contributed by atoms with Crippen LogP contribution in [0.3, 0.4) is 0 Å². The van der Waals surface area contributed by atoms with Crippen LogP contribution >= 0.6 is 0 Å². The molecule has 0 heterocycles. The zero-order chi connectivity index (χ0) is 15.9. The van der Waals surface area contributed by atoms with E-state index in [9.17, 15) is 23.3 Å². The molecule has 0 aliphatic heterocycles. The molecule has 0 aliphatic rings. The van der Waals surface area contributed by atoms with E-state index < -0.39 is 24.5 Å². The summed E-state index contributed by atoms with van der Waals surface area (Å²) in [6.45, 7) is 0.781. The lowest BCUT2D eigenvalue weighted by Gasteiger charge is -2.13. The second kappa shape index (κ2) is 7.79. The van der Waals surface area contributed by atoms with Gasteiger partial charge >= 0.3 is 6.18 Å². The van der Waals surface area contributed by atoms with Crippen molar-refractivity contribution in [2.24, 2.45) is 0 Å². The van der Waals surface area contributed by atoms with Crippen molar-refractivity contribution < 1.29 is 27.6 Å². The molecule has 0 unspecified atom stereocenters. The maximum absolute atomic E-state index is 11.9. The van der Waals surface area contributed by atoms with Crippen LogP contribution in [0.2, 0.25) is 0 Å². The maximum atomic E-state index is 11.9. The van der Waals surface area contributed by atoms with Gasteiger partial charge in [-0.2, -0.15) is 13.2 Å². The molecule has 1 N–H and O–H groups in total. The number of nitro groups is 1. The van der Waals surface area contributed by atoms with Crippen molar-refractivity contribution in [2.75, 3.05) is 19.9 Å². The highest BCUT2D eigenvalue weighted by Gasteiger charge is 2.27. The number of hydrogen-bond donors (Lipinski definition) is 1. The first-order valence-electron chi connectivity index (χ1n) is 6.09. The molecule has 1 aromatic carbocycles. The van der Waals surface area contributed by atoms with Crippen LogP contribution in [0, 0.1) is 10.1 Å². The number of nitrogens with one attached hydrogen (secondary N) is 1. The highest BCUT2D eigenvalue weighted by Crippen LogP contribution is 2.24. The standard InChI is InChI=1S/C12H15F3N2O4/c1-2-16-6-9-5-10(17(18)19)3-4-11(9)21-8-20-7-12(13,14)15/h3-5,16H,2,6-8H2,1H3. The Labute approximate surface area is 119 Å². The van der Waals surface area contributed by atoms with Crippen molar-refractivity contribution in [1.82, 2.24) is 5.32 Å². The number of benzene rings is 1. The van der Waals surface area contributed by atoms with Gasteiger partial charge in [-0.25, -0.2) is 0 Å². The average molecular weight is 308 g/mol. The number of hydrogen-bond acceptors (Lipinski definition) is 5. The third kappa shape index (κ3) is 6.41. The van der Waals surface area contributed by atoms with Gasteiger partial charge in [0.1, 0.15) is 12.4 Å². The number of nitrogens with zero attached hydrogens (tertiary/aromatic N) is 1. The third-order valence-electron chi connectivity index (χ3n) is 2.38. The van der Waals surface area contributed by atoms with Gasteiger partial charge in [-0.3, -0.25) is 10.1 Å². The minimum absolute atomic E-state index is 0.119. The van der Waals surface area contributed by atoms with E-state index in [1.807, 2.05) is 6.92 Å². The molecule has 9 heteroatoms. The van der Waals surface area contributed by atoms with Gasteiger partial charge in [-0.15, -0.1) is 0 Å². The minimum atomic E-state index is -4.43. The number of rotatable bonds is 8. The Hall–Kier alpha value is -1.87. The molecule has 6 nitrogen and oxygen atoms in total. The molecular formula is C12H15F3N2O4. The quantitative estimate of drug-likeness (QED) is 0.346. The molecule has 0 aromatic heterocycles. The molecule has 0 saturated heterocycles. The zero-order valence-corrected chi connectivity index (χ0v) is 11.3. The number of alkyl halides is 3. The van der Waals surface area contributed by atoms with E-state index in [1.54, 1.807) is 0 Å². The van der Waals surface area contributed by atoms with Crippen LogP contribution < -0.4 is 10.1 Å². The van der Waals surface area contributed by atoms with Crippen molar-refractivity contribution in [3.05, 3.63) is 33.9 Å². The van der Waals surface area contributed by atoms with Gasteiger partial charge in [-0.1, -0.05) is 6.92 Å². The van der Waals surface area contributed by atoms with Gasteiger partial charge < -0.3 is 14.8 Å². The monoisotopic (exact) mass is 308 g/mol. The summed E-state index contributed by atoms with van der Waals surface area (Å²) in [7, 11) is 0. The van der Waals surface area contributed by atoms with E-state index in [0.29, 0.717) is 18.7 Å². The van der Waals surface area contributed by atoms with Crippen LogP contribution in [0.15, 0.2) is 18.2 Å². The molecule has 21 heavy (non-hydrogen) atoms. The fraction of sp³-hybridized carbons (Fsp3) is 0.500. The van der Waals surface area contributed by atoms with Gasteiger partial charge in [0.25, 0.3) is 5.69 Å². The summed E-state index contributed by atoms with van der Waals surface area (Å²) in [5.41, 5.74) is 0.355. The first-order chi connectivity index (χ1) is 9.83. The molecule has 0 saturated carbocycles. The first-order valence-corrected chi connectivity index (χ1v) is 6.09. The molecular weight excluding hydrogens is 293 g/mol. The zero-order valence-electron chi connectivity index (χ0n) is 11.3. The van der Waals surface area contributed by atoms with Crippen molar-refractivity contribution in [1.29, 1.82) is 0 Å². The highest BCUT2D eigenvalue weighted by atomic mass is 19.4. The lowest BCUT2D eigenvalue weighted by atomic mass is 10.1. The molecule has 0 fully saturated rings. The van der Waals surface area contributed by atoms with Crippen molar-refractivity contribution in [3.63, 3.8) is 0 Å². The summed E-state index contributed by atoms with van der Waals surface area (Å²) in [6.07, 6.45) is -4.43. The van der Waals surface area contributed by atoms with Crippen LogP contribution in [0.5, 0.6) is 5.75 Å². The minimum Gasteiger partial charge on any atom is -0.467 e. The SMILES string of the molecule is CCNCc1cc([N+](=O)[O-])ccc1OCOCC(F)(F)F. The van der Waals surface area contributed by atoms with Crippen molar-refractivity contribution >= 4 is 5.69 Å². The number of nitro benzene ring substituents is 1. The average Bonchev–Trinajstić information content (AvgIpc) is 2.40. The van der Waals surface area contributed by atoms with Crippen LogP contribution in [0.25, 0.3) is 0 Å². The summed E-state index contributed by atoms with van der Waals surface area (Å²) >= 11 is 0. The molecule has 0 atom stereocenters. The van der Waals surface area contributed by atoms with E-state index in [1.165, 1.54) is 18.2 Å². The van der Waals surface area contributed by atoms with Gasteiger partial charge in [0.05, 0.1) is 4.92 Å². The predicted molar refractivity (Wildman–Crippen MR) is 68.0 cm³/mol. The van der Waals surface area contributed by atoms with Crippen LogP contribution in [0.1, 0.15) is 12.5 Å². The smallest absolute Gasteiger partial charge is 0.411 e. The van der Waals surface area contributed by atoms with Gasteiger partial charge in [0.15, 0.2) is 6.79 Å². The van der Waals surface area contributed by atoms with E-state index in [-0.39, 0.29) is 11.4 Å². The number of non-ortho nitro benzene ring substituents is 1. The van der Waals surface area contributed by atoms with Gasteiger partial charge in [0.2, 0.25) is 0 Å². The summed E-state index contributed by atoms with van der Waals surface area (Å²) in [5.74, 6) is 0.240. The largest absolute Gasteiger partial charge is 0.467 e. The highest BCUT2D eigenvalue weighted by molar-refractivity contribution is 5.43. The molecule has 0 amide bonds. The first kappa shape index (κ1) is 17.2. The lowest BCUT2D eigenvalue weighted by Crippen LogP contribution is -2.19. The Balaban J connectivity index is 2.68. The van der Waals surface area contributed by atoms with E-state index in [4.69, 9.17) is 4.74 Å². The number of ether oxygens (including phenoxy) is 2. The summed E-state index contributed by atoms with van der Waals surface area (Å²) < 4.78 is 45.1. The molecule has 1 rings (SSSR count). The maximum Gasteiger partial charge on any atom is 0.411 e. The molecule has 0 spiro atoms.